The van der Waals surface area contributed by atoms with E-state index in [1.54, 1.807) is 30.3 Å². The minimum absolute atomic E-state index is 0.00657. The summed E-state index contributed by atoms with van der Waals surface area (Å²) in [6.45, 7) is 3.09. The van der Waals surface area contributed by atoms with E-state index in [1.165, 1.54) is 0 Å². The van der Waals surface area contributed by atoms with Gasteiger partial charge in [0.15, 0.2) is 34.9 Å². The van der Waals surface area contributed by atoms with Crippen molar-refractivity contribution in [1.29, 1.82) is 0 Å². The first-order chi connectivity index (χ1) is 14.1. The molecule has 0 fully saturated rings. The van der Waals surface area contributed by atoms with E-state index in [0.29, 0.717) is 11.1 Å². The molecule has 2 aliphatic carbocycles. The van der Waals surface area contributed by atoms with E-state index >= 15 is 0 Å². The van der Waals surface area contributed by atoms with Gasteiger partial charge in [-0.05, 0) is 33.7 Å². The fraction of sp³-hybridized carbons (Fsp3) is 0. The van der Waals surface area contributed by atoms with Crippen LogP contribution in [0.2, 0.25) is 0 Å². The van der Waals surface area contributed by atoms with Crippen LogP contribution in [0.25, 0.3) is 34.4 Å². The van der Waals surface area contributed by atoms with E-state index < -0.39 is 51.6 Å². The molecule has 0 unspecified atom stereocenters. The second-order valence-corrected chi connectivity index (χ2v) is 7.57. The molecule has 0 bridgehead atoms. The Balaban J connectivity index is 0.000000503. The van der Waals surface area contributed by atoms with Crippen molar-refractivity contribution in [3.05, 3.63) is 91.8 Å². The van der Waals surface area contributed by atoms with Gasteiger partial charge in [-0.2, -0.15) is 0 Å². The molecule has 0 heterocycles. The zero-order chi connectivity index (χ0) is 21.9. The summed E-state index contributed by atoms with van der Waals surface area (Å²) in [6, 6.07) is 6.63. The molecule has 0 spiro atoms. The molecule has 0 radical (unpaired) electrons. The molecule has 3 aromatic rings. The van der Waals surface area contributed by atoms with Gasteiger partial charge in [0.2, 0.25) is 0 Å². The van der Waals surface area contributed by atoms with Crippen molar-refractivity contribution in [1.82, 2.24) is 0 Å². The van der Waals surface area contributed by atoms with Crippen molar-refractivity contribution in [2.45, 2.75) is 0 Å². The predicted octanol–water partition coefficient (Wildman–Crippen LogP) is 6.07. The largest absolute Gasteiger partial charge is 0.203 e. The summed E-state index contributed by atoms with van der Waals surface area (Å²) >= 11 is 9.69. The number of halogens is 8. The molecule has 8 heteroatoms. The molecule has 152 valence electrons. The maximum Gasteiger partial charge on any atom is 0.198 e. The molecule has 0 saturated carbocycles. The standard InChI is InChI=1S/C20H6F6.C2H2Cl2/c21-15-11-6-10-9-5-7-3-1-2-4-8(7)12(9)16(22)17(23)13(10)14(11)18(24)20(26)19(15)25;1-2(3)4/h1-6H;1H2. The molecule has 0 saturated heterocycles. The summed E-state index contributed by atoms with van der Waals surface area (Å²) in [5, 5.41) is 0.212. The number of benzene rings is 3. The summed E-state index contributed by atoms with van der Waals surface area (Å²) < 4.78 is 85.2. The van der Waals surface area contributed by atoms with Gasteiger partial charge in [0.05, 0.1) is 4.49 Å². The van der Waals surface area contributed by atoms with Crippen molar-refractivity contribution < 1.29 is 26.3 Å². The van der Waals surface area contributed by atoms with Crippen molar-refractivity contribution >= 4 is 35.4 Å². The van der Waals surface area contributed by atoms with E-state index in [9.17, 15) is 26.3 Å². The van der Waals surface area contributed by atoms with Crippen LogP contribution in [0.3, 0.4) is 0 Å². The maximum absolute atomic E-state index is 14.8. The molecule has 0 aromatic heterocycles. The van der Waals surface area contributed by atoms with Crippen LogP contribution < -0.4 is 10.4 Å². The lowest BCUT2D eigenvalue weighted by atomic mass is 9.98. The molecule has 0 N–H and O–H groups in total. The van der Waals surface area contributed by atoms with E-state index in [4.69, 9.17) is 23.2 Å². The third-order valence-electron chi connectivity index (χ3n) is 4.83. The highest BCUT2D eigenvalue weighted by molar-refractivity contribution is 6.55. The van der Waals surface area contributed by atoms with Crippen molar-refractivity contribution in [3.8, 4) is 22.3 Å². The molecule has 30 heavy (non-hydrogen) atoms. The van der Waals surface area contributed by atoms with Crippen LogP contribution in [-0.2, 0) is 0 Å². The molecule has 0 amide bonds. The molecule has 0 atom stereocenters. The highest BCUT2D eigenvalue weighted by atomic mass is 35.5. The zero-order valence-corrected chi connectivity index (χ0v) is 16.2. The average Bonchev–Trinajstić information content (AvgIpc) is 3.28. The van der Waals surface area contributed by atoms with E-state index in [0.717, 1.165) is 6.08 Å². The van der Waals surface area contributed by atoms with Gasteiger partial charge in [-0.3, -0.25) is 0 Å². The van der Waals surface area contributed by atoms with E-state index in [2.05, 4.69) is 6.58 Å². The van der Waals surface area contributed by atoms with Crippen LogP contribution in [0.4, 0.5) is 26.3 Å². The lowest BCUT2D eigenvalue weighted by molar-refractivity contribution is 0.409. The van der Waals surface area contributed by atoms with Gasteiger partial charge in [0.1, 0.15) is 0 Å². The zero-order valence-electron chi connectivity index (χ0n) is 14.7. The Morgan fingerprint density at radius 3 is 1.80 bits per heavy atom. The van der Waals surface area contributed by atoms with Gasteiger partial charge >= 0.3 is 0 Å². The summed E-state index contributed by atoms with van der Waals surface area (Å²) in [5.41, 5.74) is -1.04. The smallest absolute Gasteiger partial charge is 0.198 e. The highest BCUT2D eigenvalue weighted by Gasteiger charge is 2.34. The summed E-state index contributed by atoms with van der Waals surface area (Å²) in [7, 11) is 0. The van der Waals surface area contributed by atoms with Crippen LogP contribution in [0.5, 0.6) is 0 Å². The normalized spacial score (nSPS) is 12.0. The molecular weight excluding hydrogens is 449 g/mol. The maximum atomic E-state index is 14.8. The van der Waals surface area contributed by atoms with Crippen LogP contribution in [0.1, 0.15) is 11.1 Å². The molecule has 5 rings (SSSR count). The predicted molar refractivity (Wildman–Crippen MR) is 104 cm³/mol. The first-order valence-electron chi connectivity index (χ1n) is 8.35. The average molecular weight is 457 g/mol. The van der Waals surface area contributed by atoms with Crippen molar-refractivity contribution in [2.24, 2.45) is 0 Å². The molecule has 3 aromatic carbocycles. The van der Waals surface area contributed by atoms with E-state index in [1.807, 2.05) is 0 Å². The van der Waals surface area contributed by atoms with Crippen molar-refractivity contribution in [2.75, 3.05) is 0 Å². The molecule has 0 aliphatic heterocycles. The SMILES string of the molecule is C=C(Cl)Cl.Fc1c(F)c(F)c2c(c1F)C=c1c-2c(F)c(F)c2c1=Cc1ccccc1-2. The molecule has 2 aliphatic rings. The second-order valence-electron chi connectivity index (χ2n) is 6.46. The van der Waals surface area contributed by atoms with Gasteiger partial charge in [-0.25, -0.2) is 26.3 Å². The van der Waals surface area contributed by atoms with Crippen LogP contribution in [-0.4, -0.2) is 0 Å². The Bertz CT molecular complexity index is 1390. The fourth-order valence-corrected chi connectivity index (χ4v) is 3.71. The summed E-state index contributed by atoms with van der Waals surface area (Å²) in [6.07, 6.45) is 2.58. The Morgan fingerprint density at radius 2 is 1.13 bits per heavy atom. The summed E-state index contributed by atoms with van der Waals surface area (Å²) in [4.78, 5) is 0. The van der Waals surface area contributed by atoms with Crippen LogP contribution in [0.15, 0.2) is 35.3 Å². The molecular formula is C22H8Cl2F6. The quantitative estimate of drug-likeness (QED) is 0.150. The third kappa shape index (κ3) is 2.86. The van der Waals surface area contributed by atoms with Gasteiger partial charge in [0.25, 0.3) is 0 Å². The Morgan fingerprint density at radius 1 is 0.633 bits per heavy atom. The molecule has 0 nitrogen and oxygen atoms in total. The van der Waals surface area contributed by atoms with Gasteiger partial charge in [-0.15, -0.1) is 0 Å². The van der Waals surface area contributed by atoms with Crippen LogP contribution >= 0.6 is 23.2 Å². The lowest BCUT2D eigenvalue weighted by Gasteiger charge is -2.10. The number of fused-ring (bicyclic) bond motifs is 7. The highest BCUT2D eigenvalue weighted by Crippen LogP contribution is 2.38. The van der Waals surface area contributed by atoms with Gasteiger partial charge in [-0.1, -0.05) is 54.0 Å². The number of hydrogen-bond donors (Lipinski definition) is 0. The Labute approximate surface area is 176 Å². The fourth-order valence-electron chi connectivity index (χ4n) is 3.71. The third-order valence-corrected chi connectivity index (χ3v) is 4.83. The first-order valence-corrected chi connectivity index (χ1v) is 9.10. The Hall–Kier alpha value is -2.70. The minimum atomic E-state index is -2.06. The number of hydrogen-bond acceptors (Lipinski definition) is 0. The monoisotopic (exact) mass is 456 g/mol. The van der Waals surface area contributed by atoms with Gasteiger partial charge in [0, 0.05) is 22.3 Å². The summed E-state index contributed by atoms with van der Waals surface area (Å²) in [5.74, 6) is -10.1. The Kier molecular flexibility index (Phi) is 4.95. The topological polar surface area (TPSA) is 0 Å². The first kappa shape index (κ1) is 20.6. The lowest BCUT2D eigenvalue weighted by Crippen LogP contribution is -2.28. The van der Waals surface area contributed by atoms with Crippen LogP contribution in [0, 0.1) is 34.9 Å². The minimum Gasteiger partial charge on any atom is -0.203 e. The van der Waals surface area contributed by atoms with Gasteiger partial charge < -0.3 is 0 Å². The number of rotatable bonds is 0. The van der Waals surface area contributed by atoms with E-state index in [-0.39, 0.29) is 20.5 Å². The van der Waals surface area contributed by atoms with Crippen molar-refractivity contribution in [3.63, 3.8) is 0 Å². The second kappa shape index (κ2) is 7.22.